The Morgan fingerprint density at radius 3 is 3.00 bits per heavy atom. The highest BCUT2D eigenvalue weighted by Gasteiger charge is 2.24. The van der Waals surface area contributed by atoms with Crippen molar-refractivity contribution in [3.05, 3.63) is 35.4 Å². The summed E-state index contributed by atoms with van der Waals surface area (Å²) >= 11 is 0. The highest BCUT2D eigenvalue weighted by molar-refractivity contribution is 5.32. The molecule has 1 aliphatic heterocycles. The van der Waals surface area contributed by atoms with Gasteiger partial charge >= 0.3 is 0 Å². The molecule has 0 aromatic heterocycles. The molecule has 0 saturated carbocycles. The Labute approximate surface area is 97.5 Å². The van der Waals surface area contributed by atoms with E-state index in [4.69, 9.17) is 5.26 Å². The zero-order chi connectivity index (χ0) is 11.4. The lowest BCUT2D eigenvalue weighted by molar-refractivity contribution is 0.184. The standard InChI is InChI=1S/C14H18N2/c1-2-14-13-7-4-3-6-12(13)8-11-16(14)10-5-9-15/h3-4,6-7,14H,2,5,8,10-11H2,1H3. The quantitative estimate of drug-likeness (QED) is 0.773. The monoisotopic (exact) mass is 214 g/mol. The molecule has 0 fully saturated rings. The summed E-state index contributed by atoms with van der Waals surface area (Å²) in [6.45, 7) is 4.23. The summed E-state index contributed by atoms with van der Waals surface area (Å²) in [6, 6.07) is 11.5. The van der Waals surface area contributed by atoms with Crippen molar-refractivity contribution in [2.75, 3.05) is 13.1 Å². The maximum absolute atomic E-state index is 8.67. The first-order valence-corrected chi connectivity index (χ1v) is 6.05. The van der Waals surface area contributed by atoms with Crippen LogP contribution in [0.1, 0.15) is 36.9 Å². The number of rotatable bonds is 3. The lowest BCUT2D eigenvalue weighted by Gasteiger charge is -2.36. The molecule has 1 aromatic rings. The Morgan fingerprint density at radius 2 is 2.25 bits per heavy atom. The molecular weight excluding hydrogens is 196 g/mol. The second-order valence-corrected chi connectivity index (χ2v) is 4.32. The molecule has 1 unspecified atom stereocenters. The summed E-state index contributed by atoms with van der Waals surface area (Å²) in [7, 11) is 0. The zero-order valence-electron chi connectivity index (χ0n) is 9.82. The Kier molecular flexibility index (Phi) is 3.58. The van der Waals surface area contributed by atoms with Gasteiger partial charge in [0.1, 0.15) is 0 Å². The molecule has 2 rings (SSSR count). The smallest absolute Gasteiger partial charge is 0.0635 e. The maximum Gasteiger partial charge on any atom is 0.0635 e. The highest BCUT2D eigenvalue weighted by atomic mass is 15.2. The Morgan fingerprint density at radius 1 is 1.44 bits per heavy atom. The first kappa shape index (κ1) is 11.2. The third kappa shape index (κ3) is 2.10. The van der Waals surface area contributed by atoms with Crippen LogP contribution in [0, 0.1) is 11.3 Å². The van der Waals surface area contributed by atoms with E-state index >= 15 is 0 Å². The number of fused-ring (bicyclic) bond motifs is 1. The van der Waals surface area contributed by atoms with Gasteiger partial charge in [-0.2, -0.15) is 5.26 Å². The molecular formula is C14H18N2. The maximum atomic E-state index is 8.67. The second kappa shape index (κ2) is 5.14. The van der Waals surface area contributed by atoms with E-state index in [9.17, 15) is 0 Å². The summed E-state index contributed by atoms with van der Waals surface area (Å²) < 4.78 is 0. The van der Waals surface area contributed by atoms with E-state index < -0.39 is 0 Å². The number of nitriles is 1. The Bertz CT molecular complexity index is 392. The largest absolute Gasteiger partial charge is 0.295 e. The third-order valence-electron chi connectivity index (χ3n) is 3.42. The summed E-state index contributed by atoms with van der Waals surface area (Å²) in [5.41, 5.74) is 2.96. The second-order valence-electron chi connectivity index (χ2n) is 4.32. The first-order chi connectivity index (χ1) is 7.86. The molecule has 0 saturated heterocycles. The van der Waals surface area contributed by atoms with Gasteiger partial charge in [0.05, 0.1) is 6.07 Å². The predicted molar refractivity (Wildman–Crippen MR) is 65.0 cm³/mol. The average molecular weight is 214 g/mol. The third-order valence-corrected chi connectivity index (χ3v) is 3.42. The van der Waals surface area contributed by atoms with Gasteiger partial charge in [0.15, 0.2) is 0 Å². The van der Waals surface area contributed by atoms with E-state index in [2.05, 4.69) is 42.2 Å². The van der Waals surface area contributed by atoms with Gasteiger partial charge in [-0.25, -0.2) is 0 Å². The number of hydrogen-bond donors (Lipinski definition) is 0. The molecule has 1 aliphatic rings. The molecule has 0 spiro atoms. The van der Waals surface area contributed by atoms with Crippen LogP contribution in [-0.2, 0) is 6.42 Å². The van der Waals surface area contributed by atoms with Crippen LogP contribution >= 0.6 is 0 Å². The van der Waals surface area contributed by atoms with Crippen molar-refractivity contribution >= 4 is 0 Å². The molecule has 16 heavy (non-hydrogen) atoms. The molecule has 1 aromatic carbocycles. The fourth-order valence-electron chi connectivity index (χ4n) is 2.64. The number of hydrogen-bond acceptors (Lipinski definition) is 2. The van der Waals surface area contributed by atoms with Crippen molar-refractivity contribution in [1.82, 2.24) is 4.90 Å². The van der Waals surface area contributed by atoms with Gasteiger partial charge in [0.2, 0.25) is 0 Å². The van der Waals surface area contributed by atoms with Gasteiger partial charge in [-0.05, 0) is 24.0 Å². The molecule has 2 heteroatoms. The summed E-state index contributed by atoms with van der Waals surface area (Å²) in [5, 5.41) is 8.67. The fourth-order valence-corrected chi connectivity index (χ4v) is 2.64. The fraction of sp³-hybridized carbons (Fsp3) is 0.500. The molecule has 0 aliphatic carbocycles. The molecule has 0 bridgehead atoms. The van der Waals surface area contributed by atoms with E-state index in [0.717, 1.165) is 25.9 Å². The molecule has 1 heterocycles. The van der Waals surface area contributed by atoms with E-state index in [1.54, 1.807) is 0 Å². The van der Waals surface area contributed by atoms with Gasteiger partial charge in [0.25, 0.3) is 0 Å². The van der Waals surface area contributed by atoms with Gasteiger partial charge in [-0.1, -0.05) is 31.2 Å². The highest BCUT2D eigenvalue weighted by Crippen LogP contribution is 2.31. The van der Waals surface area contributed by atoms with Crippen LogP contribution in [0.4, 0.5) is 0 Å². The molecule has 0 radical (unpaired) electrons. The summed E-state index contributed by atoms with van der Waals surface area (Å²) in [4.78, 5) is 2.45. The minimum Gasteiger partial charge on any atom is -0.295 e. The van der Waals surface area contributed by atoms with Gasteiger partial charge in [-0.3, -0.25) is 4.90 Å². The first-order valence-electron chi connectivity index (χ1n) is 6.05. The Balaban J connectivity index is 2.20. The SMILES string of the molecule is CCC1c2ccccc2CCN1CCC#N. The molecule has 0 amide bonds. The van der Waals surface area contributed by atoms with E-state index in [1.165, 1.54) is 11.1 Å². The lowest BCUT2D eigenvalue weighted by atomic mass is 9.91. The Hall–Kier alpha value is -1.33. The van der Waals surface area contributed by atoms with Crippen LogP contribution in [0.25, 0.3) is 0 Å². The molecule has 2 nitrogen and oxygen atoms in total. The van der Waals surface area contributed by atoms with Gasteiger partial charge in [0, 0.05) is 25.6 Å². The van der Waals surface area contributed by atoms with Crippen LogP contribution in [0.15, 0.2) is 24.3 Å². The summed E-state index contributed by atoms with van der Waals surface area (Å²) in [5.74, 6) is 0. The summed E-state index contributed by atoms with van der Waals surface area (Å²) in [6.07, 6.45) is 2.89. The van der Waals surface area contributed by atoms with Crippen LogP contribution in [0.3, 0.4) is 0 Å². The van der Waals surface area contributed by atoms with Crippen LogP contribution in [0.5, 0.6) is 0 Å². The number of nitrogens with zero attached hydrogens (tertiary/aromatic N) is 2. The van der Waals surface area contributed by atoms with Crippen LogP contribution < -0.4 is 0 Å². The van der Waals surface area contributed by atoms with Crippen LogP contribution in [-0.4, -0.2) is 18.0 Å². The molecule has 84 valence electrons. The van der Waals surface area contributed by atoms with Crippen molar-refractivity contribution in [2.45, 2.75) is 32.2 Å². The normalized spacial score (nSPS) is 20.1. The van der Waals surface area contributed by atoms with Crippen molar-refractivity contribution in [3.63, 3.8) is 0 Å². The number of benzene rings is 1. The van der Waals surface area contributed by atoms with Crippen LogP contribution in [0.2, 0.25) is 0 Å². The van der Waals surface area contributed by atoms with Crippen molar-refractivity contribution in [2.24, 2.45) is 0 Å². The van der Waals surface area contributed by atoms with E-state index in [0.29, 0.717) is 12.5 Å². The van der Waals surface area contributed by atoms with E-state index in [1.807, 2.05) is 0 Å². The van der Waals surface area contributed by atoms with Gasteiger partial charge < -0.3 is 0 Å². The predicted octanol–water partition coefficient (Wildman–Crippen LogP) is 2.91. The van der Waals surface area contributed by atoms with Crippen molar-refractivity contribution in [1.29, 1.82) is 5.26 Å². The minimum atomic E-state index is 0.512. The van der Waals surface area contributed by atoms with Gasteiger partial charge in [-0.15, -0.1) is 0 Å². The van der Waals surface area contributed by atoms with Crippen molar-refractivity contribution in [3.8, 4) is 6.07 Å². The van der Waals surface area contributed by atoms with E-state index in [-0.39, 0.29) is 0 Å². The zero-order valence-corrected chi connectivity index (χ0v) is 9.82. The lowest BCUT2D eigenvalue weighted by Crippen LogP contribution is -2.35. The average Bonchev–Trinajstić information content (AvgIpc) is 2.35. The molecule has 0 N–H and O–H groups in total. The molecule has 1 atom stereocenters. The minimum absolute atomic E-state index is 0.512. The van der Waals surface area contributed by atoms with Crippen molar-refractivity contribution < 1.29 is 0 Å². The topological polar surface area (TPSA) is 27.0 Å².